The highest BCUT2D eigenvalue weighted by Gasteiger charge is 2.42. The molecule has 1 aliphatic heterocycles. The zero-order valence-electron chi connectivity index (χ0n) is 16.7. The van der Waals surface area contributed by atoms with Crippen molar-refractivity contribution in [3.63, 3.8) is 0 Å². The lowest BCUT2D eigenvalue weighted by Crippen LogP contribution is -2.30. The second-order valence-corrected chi connectivity index (χ2v) is 9.06. The van der Waals surface area contributed by atoms with E-state index in [1.54, 1.807) is 13.0 Å². The number of aryl methyl sites for hydroxylation is 1. The van der Waals surface area contributed by atoms with Gasteiger partial charge in [0.1, 0.15) is 0 Å². The molecule has 0 aliphatic carbocycles. The van der Waals surface area contributed by atoms with E-state index in [1.807, 2.05) is 19.0 Å². The monoisotopic (exact) mass is 410 g/mol. The van der Waals surface area contributed by atoms with Crippen molar-refractivity contribution in [1.82, 2.24) is 19.4 Å². The van der Waals surface area contributed by atoms with E-state index in [2.05, 4.69) is 10.2 Å². The van der Waals surface area contributed by atoms with Crippen LogP contribution in [0.25, 0.3) is 0 Å². The summed E-state index contributed by atoms with van der Waals surface area (Å²) < 4.78 is 44.1. The fraction of sp³-hybridized carbons (Fsp3) is 0.556. The van der Waals surface area contributed by atoms with Gasteiger partial charge in [0.15, 0.2) is 11.5 Å². The summed E-state index contributed by atoms with van der Waals surface area (Å²) >= 11 is 0. The number of sulfonamides is 1. The molecule has 2 heterocycles. The Morgan fingerprint density at radius 3 is 2.46 bits per heavy atom. The van der Waals surface area contributed by atoms with E-state index >= 15 is 0 Å². The van der Waals surface area contributed by atoms with Gasteiger partial charge in [-0.25, -0.2) is 8.42 Å². The van der Waals surface area contributed by atoms with E-state index in [0.29, 0.717) is 36.4 Å². The maximum atomic E-state index is 13.3. The van der Waals surface area contributed by atoms with Crippen LogP contribution in [0.2, 0.25) is 0 Å². The van der Waals surface area contributed by atoms with E-state index in [4.69, 9.17) is 13.9 Å². The number of ether oxygens (including phenoxy) is 2. The van der Waals surface area contributed by atoms with Gasteiger partial charge in [-0.15, -0.1) is 10.2 Å². The number of aromatic nitrogens is 2. The van der Waals surface area contributed by atoms with Crippen LogP contribution in [0.15, 0.2) is 27.5 Å². The Kier molecular flexibility index (Phi) is 5.92. The molecule has 3 rings (SSSR count). The van der Waals surface area contributed by atoms with Crippen molar-refractivity contribution < 1.29 is 22.3 Å². The summed E-state index contributed by atoms with van der Waals surface area (Å²) in [7, 11) is 3.20. The van der Waals surface area contributed by atoms with Gasteiger partial charge in [-0.3, -0.25) is 0 Å². The largest absolute Gasteiger partial charge is 0.493 e. The van der Waals surface area contributed by atoms with Crippen molar-refractivity contribution in [3.05, 3.63) is 30.0 Å². The van der Waals surface area contributed by atoms with E-state index < -0.39 is 10.0 Å². The molecule has 0 saturated carbocycles. The molecule has 0 radical (unpaired) electrons. The van der Waals surface area contributed by atoms with E-state index in [0.717, 1.165) is 0 Å². The lowest BCUT2D eigenvalue weighted by molar-refractivity contribution is 0.297. The van der Waals surface area contributed by atoms with Crippen LogP contribution in [0.4, 0.5) is 0 Å². The highest BCUT2D eigenvalue weighted by molar-refractivity contribution is 7.89. The van der Waals surface area contributed by atoms with Crippen LogP contribution in [-0.4, -0.2) is 75.8 Å². The predicted octanol–water partition coefficient (Wildman–Crippen LogP) is 1.36. The Hall–Kier alpha value is -2.17. The molecule has 1 aliphatic rings. The lowest BCUT2D eigenvalue weighted by atomic mass is 9.96. The molecule has 0 unspecified atom stereocenters. The molecule has 10 heteroatoms. The molecule has 0 bridgehead atoms. The Balaban J connectivity index is 1.91. The van der Waals surface area contributed by atoms with Crippen LogP contribution < -0.4 is 9.47 Å². The van der Waals surface area contributed by atoms with E-state index in [1.165, 1.54) is 30.7 Å². The minimum Gasteiger partial charge on any atom is -0.493 e. The first-order valence-corrected chi connectivity index (χ1v) is 10.4. The molecule has 0 amide bonds. The summed E-state index contributed by atoms with van der Waals surface area (Å²) in [4.78, 5) is 2.20. The molecule has 1 fully saturated rings. The molecule has 1 aromatic heterocycles. The smallest absolute Gasteiger partial charge is 0.243 e. The van der Waals surface area contributed by atoms with Crippen molar-refractivity contribution in [1.29, 1.82) is 0 Å². The Morgan fingerprint density at radius 2 is 1.89 bits per heavy atom. The normalized spacial score (nSPS) is 20.6. The number of hydrogen-bond donors (Lipinski definition) is 0. The van der Waals surface area contributed by atoms with Crippen LogP contribution in [0.3, 0.4) is 0 Å². The summed E-state index contributed by atoms with van der Waals surface area (Å²) in [6.07, 6.45) is 0. The lowest BCUT2D eigenvalue weighted by Gasteiger charge is -2.20. The van der Waals surface area contributed by atoms with Gasteiger partial charge in [0.2, 0.25) is 21.8 Å². The highest BCUT2D eigenvalue weighted by Crippen LogP contribution is 2.37. The minimum absolute atomic E-state index is 0.0461. The van der Waals surface area contributed by atoms with Gasteiger partial charge in [0.05, 0.1) is 25.0 Å². The maximum Gasteiger partial charge on any atom is 0.243 e. The zero-order valence-corrected chi connectivity index (χ0v) is 17.6. The number of nitrogens with zero attached hydrogens (tertiary/aromatic N) is 4. The van der Waals surface area contributed by atoms with Crippen molar-refractivity contribution in [2.45, 2.75) is 17.7 Å². The van der Waals surface area contributed by atoms with Crippen LogP contribution in [0.1, 0.15) is 17.7 Å². The molecule has 0 N–H and O–H groups in total. The van der Waals surface area contributed by atoms with Crippen molar-refractivity contribution in [3.8, 4) is 11.5 Å². The summed E-state index contributed by atoms with van der Waals surface area (Å²) in [6.45, 7) is 3.10. The van der Waals surface area contributed by atoms with Crippen molar-refractivity contribution in [2.24, 2.45) is 5.92 Å². The fourth-order valence-corrected chi connectivity index (χ4v) is 5.09. The van der Waals surface area contributed by atoms with Gasteiger partial charge in [-0.2, -0.15) is 4.31 Å². The summed E-state index contributed by atoms with van der Waals surface area (Å²) in [5.74, 6) is 1.70. The third-order valence-electron chi connectivity index (χ3n) is 4.86. The van der Waals surface area contributed by atoms with Gasteiger partial charge in [0, 0.05) is 32.6 Å². The molecule has 0 spiro atoms. The number of benzene rings is 1. The van der Waals surface area contributed by atoms with Gasteiger partial charge in [-0.1, -0.05) is 0 Å². The Morgan fingerprint density at radius 1 is 1.18 bits per heavy atom. The van der Waals surface area contributed by atoms with Crippen molar-refractivity contribution >= 4 is 10.0 Å². The molecular weight excluding hydrogens is 384 g/mol. The average Bonchev–Trinajstić information content (AvgIpc) is 3.27. The molecule has 1 aromatic carbocycles. The fourth-order valence-electron chi connectivity index (χ4n) is 3.55. The third-order valence-corrected chi connectivity index (χ3v) is 6.69. The number of hydrogen-bond acceptors (Lipinski definition) is 8. The van der Waals surface area contributed by atoms with Gasteiger partial charge < -0.3 is 18.8 Å². The molecule has 154 valence electrons. The maximum absolute atomic E-state index is 13.3. The molecular formula is C18H26N4O5S. The summed E-state index contributed by atoms with van der Waals surface area (Å²) in [6, 6.07) is 4.61. The van der Waals surface area contributed by atoms with Crippen molar-refractivity contribution in [2.75, 3.05) is 47.9 Å². The first kappa shape index (κ1) is 20.6. The van der Waals surface area contributed by atoms with Gasteiger partial charge in [-0.05, 0) is 32.1 Å². The van der Waals surface area contributed by atoms with Crippen LogP contribution in [-0.2, 0) is 10.0 Å². The van der Waals surface area contributed by atoms with Crippen LogP contribution in [0.5, 0.6) is 11.5 Å². The highest BCUT2D eigenvalue weighted by atomic mass is 32.2. The first-order valence-electron chi connectivity index (χ1n) is 8.93. The number of rotatable bonds is 7. The summed E-state index contributed by atoms with van der Waals surface area (Å²) in [5, 5.41) is 8.03. The van der Waals surface area contributed by atoms with Gasteiger partial charge >= 0.3 is 0 Å². The van der Waals surface area contributed by atoms with Crippen LogP contribution >= 0.6 is 0 Å². The minimum atomic E-state index is -3.71. The van der Waals surface area contributed by atoms with E-state index in [-0.39, 0.29) is 23.3 Å². The first-order chi connectivity index (χ1) is 13.3. The molecule has 2 atom stereocenters. The number of methoxy groups -OCH3 is 2. The topological polar surface area (TPSA) is 98.0 Å². The standard InChI is InChI=1S/C18H26N4O5S/c1-12-19-20-18(27-12)15-11-22(10-13(15)9-21(2)3)28(23,24)14-6-7-16(25-4)17(8-14)26-5/h6-8,13,15H,9-11H2,1-5H3/t13-,15-/m0/s1. The second kappa shape index (κ2) is 8.06. The molecule has 1 saturated heterocycles. The Labute approximate surface area is 165 Å². The SMILES string of the molecule is COc1ccc(S(=O)(=O)N2C[C@H](CN(C)C)[C@@H](c3nnc(C)o3)C2)cc1OC. The zero-order chi connectivity index (χ0) is 20.5. The van der Waals surface area contributed by atoms with Crippen LogP contribution in [0, 0.1) is 12.8 Å². The molecule has 28 heavy (non-hydrogen) atoms. The quantitative estimate of drug-likeness (QED) is 0.675. The second-order valence-electron chi connectivity index (χ2n) is 7.13. The third kappa shape index (κ3) is 3.98. The summed E-state index contributed by atoms with van der Waals surface area (Å²) in [5.41, 5.74) is 0. The average molecular weight is 410 g/mol. The van der Waals surface area contributed by atoms with E-state index in [9.17, 15) is 8.42 Å². The Bertz CT molecular complexity index is 928. The molecule has 9 nitrogen and oxygen atoms in total. The molecule has 2 aromatic rings. The van der Waals surface area contributed by atoms with Gasteiger partial charge in [0.25, 0.3) is 0 Å². The predicted molar refractivity (Wildman–Crippen MR) is 102 cm³/mol.